The summed E-state index contributed by atoms with van der Waals surface area (Å²) < 4.78 is 0. The van der Waals surface area contributed by atoms with Crippen molar-refractivity contribution in [2.24, 2.45) is 5.92 Å². The fourth-order valence-corrected chi connectivity index (χ4v) is 5.65. The molecule has 0 aromatic heterocycles. The average Bonchev–Trinajstić information content (AvgIpc) is 3.28. The lowest BCUT2D eigenvalue weighted by Crippen LogP contribution is -2.41. The highest BCUT2D eigenvalue weighted by Crippen LogP contribution is 2.22. The van der Waals surface area contributed by atoms with E-state index < -0.39 is 0 Å². The number of unbranched alkanes of at least 4 members (excludes halogenated alkanes) is 1. The summed E-state index contributed by atoms with van der Waals surface area (Å²) in [4.78, 5) is 17.5. The third-order valence-corrected chi connectivity index (χ3v) is 7.90. The molecular formula is C29H45ClN4O. The second-order valence-electron chi connectivity index (χ2n) is 10.4. The van der Waals surface area contributed by atoms with Gasteiger partial charge in [-0.25, -0.2) is 0 Å². The Morgan fingerprint density at radius 3 is 2.43 bits per heavy atom. The lowest BCUT2D eigenvalue weighted by Gasteiger charge is -2.32. The molecule has 4 rings (SSSR count). The van der Waals surface area contributed by atoms with Crippen molar-refractivity contribution < 1.29 is 4.79 Å². The maximum absolute atomic E-state index is 12.9. The number of benzene rings is 2. The van der Waals surface area contributed by atoms with Crippen molar-refractivity contribution >= 4 is 29.1 Å². The highest BCUT2D eigenvalue weighted by Gasteiger charge is 2.23. The maximum Gasteiger partial charge on any atom is 0.227 e. The van der Waals surface area contributed by atoms with Crippen LogP contribution in [0.1, 0.15) is 50.5 Å². The number of nitrogens with zero attached hydrogens (tertiary/aromatic N) is 2. The number of halogens is 1. The summed E-state index contributed by atoms with van der Waals surface area (Å²) in [5, 5.41) is 9.70. The van der Waals surface area contributed by atoms with Crippen molar-refractivity contribution in [3.05, 3.63) is 48.0 Å². The number of nitrogens with one attached hydrogen (secondary N) is 2. The molecule has 6 heteroatoms. The quantitative estimate of drug-likeness (QED) is 0.422. The fraction of sp³-hybridized carbons (Fsp3) is 0.621. The number of hydrogen-bond acceptors (Lipinski definition) is 4. The zero-order chi connectivity index (χ0) is 23.6. The van der Waals surface area contributed by atoms with Crippen molar-refractivity contribution in [3.8, 4) is 0 Å². The number of carbonyl (C=O) groups is 1. The number of rotatable bonds is 12. The largest absolute Gasteiger partial charge is 0.342 e. The van der Waals surface area contributed by atoms with Gasteiger partial charge in [0.15, 0.2) is 0 Å². The standard InChI is InChI=1S/C29H44N4O.ClH/c1-32-19-7-11-27(32)13-18-30-16-4-5-17-31-23-24-14-20-33(21-15-24)29(34)22-26-10-6-9-25-8-2-3-12-28(25)26;/h2-3,6,8-10,12,24,27,30-31H,4-5,7,11,13-23H2,1H3;1H. The second kappa shape index (κ2) is 14.8. The lowest BCUT2D eigenvalue weighted by molar-refractivity contribution is -0.131. The first-order valence-electron chi connectivity index (χ1n) is 13.6. The van der Waals surface area contributed by atoms with E-state index in [0.29, 0.717) is 12.3 Å². The molecule has 0 bridgehead atoms. The zero-order valence-electron chi connectivity index (χ0n) is 21.5. The molecule has 0 aliphatic carbocycles. The van der Waals surface area contributed by atoms with E-state index in [9.17, 15) is 4.79 Å². The van der Waals surface area contributed by atoms with E-state index in [4.69, 9.17) is 0 Å². The summed E-state index contributed by atoms with van der Waals surface area (Å²) in [5.74, 6) is 0.970. The number of likely N-dealkylation sites (tertiary alicyclic amines) is 2. The van der Waals surface area contributed by atoms with E-state index in [0.717, 1.165) is 63.7 Å². The smallest absolute Gasteiger partial charge is 0.227 e. The van der Waals surface area contributed by atoms with Gasteiger partial charge < -0.3 is 20.4 Å². The molecular weight excluding hydrogens is 456 g/mol. The van der Waals surface area contributed by atoms with E-state index in [1.165, 1.54) is 49.4 Å². The molecule has 0 radical (unpaired) electrons. The van der Waals surface area contributed by atoms with E-state index >= 15 is 0 Å². The van der Waals surface area contributed by atoms with Crippen LogP contribution in [0.2, 0.25) is 0 Å². The highest BCUT2D eigenvalue weighted by molar-refractivity contribution is 5.90. The van der Waals surface area contributed by atoms with Crippen molar-refractivity contribution in [3.63, 3.8) is 0 Å². The third kappa shape index (κ3) is 8.45. The number of fused-ring (bicyclic) bond motifs is 1. The van der Waals surface area contributed by atoms with Gasteiger partial charge in [-0.1, -0.05) is 42.5 Å². The molecule has 35 heavy (non-hydrogen) atoms. The van der Waals surface area contributed by atoms with Crippen molar-refractivity contribution in [2.45, 2.75) is 57.4 Å². The minimum Gasteiger partial charge on any atom is -0.342 e. The summed E-state index contributed by atoms with van der Waals surface area (Å²) in [6.07, 6.45) is 9.25. The van der Waals surface area contributed by atoms with Crippen LogP contribution in [0, 0.1) is 5.92 Å². The predicted octanol–water partition coefficient (Wildman–Crippen LogP) is 4.49. The Balaban J connectivity index is 0.00000342. The fourth-order valence-electron chi connectivity index (χ4n) is 5.65. The van der Waals surface area contributed by atoms with E-state index in [1.54, 1.807) is 0 Å². The molecule has 2 N–H and O–H groups in total. The molecule has 2 aliphatic rings. The van der Waals surface area contributed by atoms with Crippen molar-refractivity contribution in [1.82, 2.24) is 20.4 Å². The summed E-state index contributed by atoms with van der Waals surface area (Å²) in [6.45, 7) is 7.55. The molecule has 2 fully saturated rings. The average molecular weight is 501 g/mol. The summed E-state index contributed by atoms with van der Waals surface area (Å²) in [6, 6.07) is 15.4. The first-order chi connectivity index (χ1) is 16.7. The van der Waals surface area contributed by atoms with Gasteiger partial charge in [0.2, 0.25) is 5.91 Å². The van der Waals surface area contributed by atoms with Gasteiger partial charge in [0, 0.05) is 19.1 Å². The van der Waals surface area contributed by atoms with Crippen molar-refractivity contribution in [1.29, 1.82) is 0 Å². The Bertz CT molecular complexity index is 894. The zero-order valence-corrected chi connectivity index (χ0v) is 22.3. The molecule has 1 atom stereocenters. The van der Waals surface area contributed by atoms with Gasteiger partial charge in [0.1, 0.15) is 0 Å². The molecule has 5 nitrogen and oxygen atoms in total. The Hall–Kier alpha value is -1.66. The van der Waals surface area contributed by atoms with Crippen LogP contribution in [0.3, 0.4) is 0 Å². The van der Waals surface area contributed by atoms with Crippen LogP contribution < -0.4 is 10.6 Å². The van der Waals surface area contributed by atoms with Crippen LogP contribution in [0.5, 0.6) is 0 Å². The van der Waals surface area contributed by atoms with E-state index in [1.807, 2.05) is 0 Å². The number of hydrogen-bond donors (Lipinski definition) is 2. The Morgan fingerprint density at radius 1 is 0.914 bits per heavy atom. The van der Waals surface area contributed by atoms with E-state index in [-0.39, 0.29) is 18.3 Å². The molecule has 2 aromatic rings. The maximum atomic E-state index is 12.9. The van der Waals surface area contributed by atoms with Gasteiger partial charge in [-0.3, -0.25) is 4.79 Å². The first kappa shape index (κ1) is 27.9. The van der Waals surface area contributed by atoms with Crippen LogP contribution in [0.4, 0.5) is 0 Å². The van der Waals surface area contributed by atoms with Crippen LogP contribution in [0.25, 0.3) is 10.8 Å². The lowest BCUT2D eigenvalue weighted by atomic mass is 9.95. The number of carbonyl (C=O) groups excluding carboxylic acids is 1. The molecule has 1 unspecified atom stereocenters. The summed E-state index contributed by atoms with van der Waals surface area (Å²) in [7, 11) is 2.26. The molecule has 194 valence electrons. The van der Waals surface area contributed by atoms with E-state index in [2.05, 4.69) is 69.9 Å². The van der Waals surface area contributed by atoms with Gasteiger partial charge in [-0.2, -0.15) is 0 Å². The minimum atomic E-state index is 0. The molecule has 2 aliphatic heterocycles. The Morgan fingerprint density at radius 2 is 1.66 bits per heavy atom. The molecule has 0 spiro atoms. The SMILES string of the molecule is CN1CCCC1CCNCCCCNCC1CCN(C(=O)Cc2cccc3ccccc23)CC1.Cl. The number of amides is 1. The number of piperidine rings is 1. The Kier molecular flexibility index (Phi) is 11.8. The van der Waals surface area contributed by atoms with Crippen molar-refractivity contribution in [2.75, 3.05) is 52.9 Å². The normalized spacial score (nSPS) is 19.2. The molecule has 2 heterocycles. The topological polar surface area (TPSA) is 47.6 Å². The summed E-state index contributed by atoms with van der Waals surface area (Å²) >= 11 is 0. The monoisotopic (exact) mass is 500 g/mol. The van der Waals surface area contributed by atoms with Crippen LogP contribution in [0.15, 0.2) is 42.5 Å². The third-order valence-electron chi connectivity index (χ3n) is 7.90. The molecule has 0 saturated carbocycles. The second-order valence-corrected chi connectivity index (χ2v) is 10.4. The van der Waals surface area contributed by atoms with Gasteiger partial charge >= 0.3 is 0 Å². The van der Waals surface area contributed by atoms with Crippen LogP contribution in [-0.2, 0) is 11.2 Å². The molecule has 2 saturated heterocycles. The van der Waals surface area contributed by atoms with Gasteiger partial charge in [-0.15, -0.1) is 12.4 Å². The van der Waals surface area contributed by atoms with Crippen LogP contribution >= 0.6 is 12.4 Å². The molecule has 1 amide bonds. The van der Waals surface area contributed by atoms with Crippen LogP contribution in [-0.4, -0.2) is 74.6 Å². The summed E-state index contributed by atoms with van der Waals surface area (Å²) in [5.41, 5.74) is 1.15. The van der Waals surface area contributed by atoms with Gasteiger partial charge in [-0.05, 0) is 107 Å². The van der Waals surface area contributed by atoms with Gasteiger partial charge in [0.05, 0.1) is 6.42 Å². The highest BCUT2D eigenvalue weighted by atomic mass is 35.5. The first-order valence-corrected chi connectivity index (χ1v) is 13.6. The minimum absolute atomic E-state index is 0. The Labute approximate surface area is 218 Å². The van der Waals surface area contributed by atoms with Gasteiger partial charge in [0.25, 0.3) is 0 Å². The predicted molar refractivity (Wildman–Crippen MR) is 149 cm³/mol. The molecule has 2 aromatic carbocycles.